The van der Waals surface area contributed by atoms with Gasteiger partial charge in [0.05, 0.1) is 31.7 Å². The predicted octanol–water partition coefficient (Wildman–Crippen LogP) is 6.61. The minimum atomic E-state index is 0.573. The van der Waals surface area contributed by atoms with Gasteiger partial charge in [-0.3, -0.25) is 0 Å². The predicted molar refractivity (Wildman–Crippen MR) is 96.4 cm³/mol. The van der Waals surface area contributed by atoms with Crippen LogP contribution in [-0.2, 0) is 0 Å². The second kappa shape index (κ2) is 7.83. The summed E-state index contributed by atoms with van der Waals surface area (Å²) in [5, 5.41) is 5.75. The first-order chi connectivity index (χ1) is 10.1. The van der Waals surface area contributed by atoms with Gasteiger partial charge in [0.25, 0.3) is 0 Å². The maximum absolute atomic E-state index is 6.22. The lowest BCUT2D eigenvalue weighted by molar-refractivity contribution is 1.38. The van der Waals surface area contributed by atoms with Gasteiger partial charge < -0.3 is 0 Å². The summed E-state index contributed by atoms with van der Waals surface area (Å²) >= 11 is 23.0. The van der Waals surface area contributed by atoms with Crippen LogP contribution in [0.15, 0.2) is 56.2 Å². The van der Waals surface area contributed by atoms with E-state index in [9.17, 15) is 0 Å². The molecule has 0 spiro atoms. The second-order valence-corrected chi connectivity index (χ2v) is 6.00. The van der Waals surface area contributed by atoms with Crippen LogP contribution in [0.2, 0.25) is 10.0 Å². The van der Waals surface area contributed by atoms with E-state index in [1.807, 2.05) is 24.3 Å². The molecule has 0 N–H and O–H groups in total. The fourth-order valence-electron chi connectivity index (χ4n) is 1.51. The minimum absolute atomic E-state index is 0.573. The van der Waals surface area contributed by atoms with Gasteiger partial charge in [-0.2, -0.15) is 9.98 Å². The molecule has 2 aromatic rings. The zero-order valence-corrected chi connectivity index (χ0v) is 14.3. The van der Waals surface area contributed by atoms with Crippen LogP contribution in [0.25, 0.3) is 0 Å². The Morgan fingerprint density at radius 3 is 1.57 bits per heavy atom. The Labute approximate surface area is 146 Å². The number of benzene rings is 2. The van der Waals surface area contributed by atoms with E-state index >= 15 is 0 Å². The normalized spacial score (nSPS) is 9.62. The first-order valence-electron chi connectivity index (χ1n) is 5.56. The molecule has 0 saturated heterocycles. The molecule has 7 heteroatoms. The quantitative estimate of drug-likeness (QED) is 0.448. The molecule has 0 atom stereocenters. The standard InChI is InChI=1S/C14H6Cl2N2S3/c15-11-5-9(17-7-19)1-3-13(11)21-14-4-2-10(18-8-20)6-12(14)16/h1-6H. The van der Waals surface area contributed by atoms with E-state index < -0.39 is 0 Å². The zero-order valence-electron chi connectivity index (χ0n) is 10.3. The first-order valence-corrected chi connectivity index (χ1v) is 7.95. The molecular formula is C14H6Cl2N2S3. The van der Waals surface area contributed by atoms with E-state index in [1.165, 1.54) is 11.8 Å². The number of aliphatic imine (C=N–C) groups is 2. The maximum Gasteiger partial charge on any atom is 0.0755 e. The highest BCUT2D eigenvalue weighted by atomic mass is 35.5. The molecule has 0 amide bonds. The number of isothiocyanates is 2. The van der Waals surface area contributed by atoms with Crippen molar-refractivity contribution in [3.8, 4) is 0 Å². The van der Waals surface area contributed by atoms with E-state index in [0.717, 1.165) is 9.79 Å². The summed E-state index contributed by atoms with van der Waals surface area (Å²) in [4.78, 5) is 9.50. The molecule has 2 aromatic carbocycles. The fraction of sp³-hybridized carbons (Fsp3) is 0. The van der Waals surface area contributed by atoms with E-state index in [2.05, 4.69) is 44.7 Å². The van der Waals surface area contributed by atoms with Gasteiger partial charge in [-0.15, -0.1) is 0 Å². The molecule has 0 heterocycles. The molecule has 0 saturated carbocycles. The molecule has 0 aromatic heterocycles. The van der Waals surface area contributed by atoms with Crippen LogP contribution < -0.4 is 0 Å². The summed E-state index contributed by atoms with van der Waals surface area (Å²) in [5.74, 6) is 0. The van der Waals surface area contributed by atoms with Crippen molar-refractivity contribution in [2.45, 2.75) is 9.79 Å². The minimum Gasteiger partial charge on any atom is -0.195 e. The van der Waals surface area contributed by atoms with Crippen LogP contribution in [0.1, 0.15) is 0 Å². The number of hydrogen-bond donors (Lipinski definition) is 0. The molecule has 0 fully saturated rings. The fourth-order valence-corrected chi connectivity index (χ4v) is 3.12. The molecule has 0 bridgehead atoms. The maximum atomic E-state index is 6.22. The smallest absolute Gasteiger partial charge is 0.0755 e. The summed E-state index contributed by atoms with van der Waals surface area (Å²) in [6.45, 7) is 0. The van der Waals surface area contributed by atoms with Crippen LogP contribution in [0.3, 0.4) is 0 Å². The van der Waals surface area contributed by atoms with Crippen molar-refractivity contribution in [1.29, 1.82) is 0 Å². The lowest BCUT2D eigenvalue weighted by Crippen LogP contribution is -1.78. The Morgan fingerprint density at radius 1 is 0.810 bits per heavy atom. The number of halogens is 2. The summed E-state index contributed by atoms with van der Waals surface area (Å²) in [6, 6.07) is 10.8. The third kappa shape index (κ3) is 4.47. The highest BCUT2D eigenvalue weighted by Crippen LogP contribution is 2.39. The average molecular weight is 369 g/mol. The van der Waals surface area contributed by atoms with Crippen molar-refractivity contribution < 1.29 is 0 Å². The number of rotatable bonds is 4. The van der Waals surface area contributed by atoms with E-state index in [4.69, 9.17) is 23.2 Å². The molecule has 21 heavy (non-hydrogen) atoms. The van der Waals surface area contributed by atoms with Gasteiger partial charge in [-0.05, 0) is 60.8 Å². The molecular weight excluding hydrogens is 363 g/mol. The summed E-state index contributed by atoms with van der Waals surface area (Å²) in [7, 11) is 0. The number of thiocarbonyl (C=S) groups is 2. The van der Waals surface area contributed by atoms with Crippen LogP contribution in [-0.4, -0.2) is 10.3 Å². The molecule has 0 radical (unpaired) electrons. The summed E-state index contributed by atoms with van der Waals surface area (Å²) in [6.07, 6.45) is 0. The largest absolute Gasteiger partial charge is 0.195 e. The number of nitrogens with zero attached hydrogens (tertiary/aromatic N) is 2. The Hall–Kier alpha value is -1.03. The SMILES string of the molecule is S=C=Nc1ccc(Sc2ccc(N=C=S)cc2Cl)c(Cl)c1. The van der Waals surface area contributed by atoms with Crippen molar-refractivity contribution in [3.05, 3.63) is 46.4 Å². The monoisotopic (exact) mass is 368 g/mol. The Balaban J connectivity index is 2.29. The molecule has 104 valence electrons. The summed E-state index contributed by atoms with van der Waals surface area (Å²) in [5.41, 5.74) is 1.33. The molecule has 0 aliphatic heterocycles. The second-order valence-electron chi connectivity index (χ2n) is 3.74. The topological polar surface area (TPSA) is 24.7 Å². The highest BCUT2D eigenvalue weighted by molar-refractivity contribution is 7.99. The molecule has 0 aliphatic rings. The van der Waals surface area contributed by atoms with Gasteiger partial charge in [0.15, 0.2) is 0 Å². The molecule has 2 rings (SSSR count). The van der Waals surface area contributed by atoms with Crippen molar-refractivity contribution in [3.63, 3.8) is 0 Å². The van der Waals surface area contributed by atoms with Crippen LogP contribution in [0.4, 0.5) is 11.4 Å². The Morgan fingerprint density at radius 2 is 1.24 bits per heavy atom. The van der Waals surface area contributed by atoms with Crippen molar-refractivity contribution in [2.75, 3.05) is 0 Å². The van der Waals surface area contributed by atoms with Gasteiger partial charge >= 0.3 is 0 Å². The van der Waals surface area contributed by atoms with E-state index in [-0.39, 0.29) is 0 Å². The van der Waals surface area contributed by atoms with Gasteiger partial charge in [0, 0.05) is 9.79 Å². The lowest BCUT2D eigenvalue weighted by Gasteiger charge is -2.07. The highest BCUT2D eigenvalue weighted by Gasteiger charge is 2.08. The Kier molecular flexibility index (Phi) is 6.09. The lowest BCUT2D eigenvalue weighted by atomic mass is 10.3. The van der Waals surface area contributed by atoms with Crippen molar-refractivity contribution in [2.24, 2.45) is 9.98 Å². The van der Waals surface area contributed by atoms with E-state index in [0.29, 0.717) is 21.4 Å². The zero-order chi connectivity index (χ0) is 15.2. The number of hydrogen-bond acceptors (Lipinski definition) is 5. The van der Waals surface area contributed by atoms with E-state index in [1.54, 1.807) is 12.1 Å². The van der Waals surface area contributed by atoms with Crippen molar-refractivity contribution >= 4 is 81.1 Å². The third-order valence-corrected chi connectivity index (χ3v) is 4.58. The van der Waals surface area contributed by atoms with Crippen LogP contribution >= 0.6 is 59.4 Å². The Bertz CT molecular complexity index is 714. The first kappa shape index (κ1) is 16.3. The van der Waals surface area contributed by atoms with Crippen LogP contribution in [0.5, 0.6) is 0 Å². The van der Waals surface area contributed by atoms with Gasteiger partial charge in [0.2, 0.25) is 0 Å². The van der Waals surface area contributed by atoms with Crippen molar-refractivity contribution in [1.82, 2.24) is 0 Å². The molecule has 2 nitrogen and oxygen atoms in total. The average Bonchev–Trinajstić information content (AvgIpc) is 2.45. The summed E-state index contributed by atoms with van der Waals surface area (Å²) < 4.78 is 0. The van der Waals surface area contributed by atoms with Gasteiger partial charge in [-0.25, -0.2) is 0 Å². The molecule has 0 unspecified atom stereocenters. The molecule has 0 aliphatic carbocycles. The van der Waals surface area contributed by atoms with Crippen LogP contribution in [0, 0.1) is 0 Å². The van der Waals surface area contributed by atoms with Gasteiger partial charge in [-0.1, -0.05) is 35.0 Å². The third-order valence-electron chi connectivity index (χ3n) is 2.40. The van der Waals surface area contributed by atoms with Gasteiger partial charge in [0.1, 0.15) is 0 Å².